The van der Waals surface area contributed by atoms with Gasteiger partial charge in [0, 0.05) is 12.1 Å². The smallest absolute Gasteiger partial charge is 0.341 e. The van der Waals surface area contributed by atoms with Crippen LogP contribution in [0.4, 0.5) is 5.00 Å². The quantitative estimate of drug-likeness (QED) is 0.253. The Morgan fingerprint density at radius 2 is 1.86 bits per heavy atom. The Hall–Kier alpha value is -3.38. The van der Waals surface area contributed by atoms with Crippen LogP contribution in [-0.2, 0) is 16.1 Å². The molecule has 0 fully saturated rings. The average Bonchev–Trinajstić information content (AvgIpc) is 3.42. The number of nitrogens with two attached hydrogens (primary N) is 1. The number of nitrogens with one attached hydrogen (secondary N) is 1. The molecule has 3 rings (SSSR count). The molecule has 0 spiro atoms. The summed E-state index contributed by atoms with van der Waals surface area (Å²) in [6.45, 7) is 10.8. The molecule has 0 atom stereocenters. The summed E-state index contributed by atoms with van der Waals surface area (Å²) in [6.07, 6.45) is 0. The molecule has 3 N–H and O–H groups in total. The third kappa shape index (κ3) is 6.89. The number of amides is 2. The van der Waals surface area contributed by atoms with Crippen molar-refractivity contribution in [3.8, 4) is 17.1 Å². The molecule has 0 radical (unpaired) electrons. The first-order valence-corrected chi connectivity index (χ1v) is 13.7. The Morgan fingerprint density at radius 3 is 2.46 bits per heavy atom. The number of rotatable bonds is 12. The number of hydrogen-bond donors (Lipinski definition) is 2. The fourth-order valence-electron chi connectivity index (χ4n) is 3.44. The first kappa shape index (κ1) is 28.2. The highest BCUT2D eigenvalue weighted by Crippen LogP contribution is 2.34. The Morgan fingerprint density at radius 1 is 1.16 bits per heavy atom. The molecule has 37 heavy (non-hydrogen) atoms. The van der Waals surface area contributed by atoms with Gasteiger partial charge in [-0.2, -0.15) is 0 Å². The number of esters is 1. The van der Waals surface area contributed by atoms with Crippen molar-refractivity contribution in [3.63, 3.8) is 0 Å². The zero-order valence-electron chi connectivity index (χ0n) is 21.5. The molecule has 2 amide bonds. The summed E-state index contributed by atoms with van der Waals surface area (Å²) >= 11 is 2.17. The molecule has 2 heterocycles. The summed E-state index contributed by atoms with van der Waals surface area (Å²) in [6, 6.07) is 7.66. The molecule has 198 valence electrons. The molecule has 0 aliphatic rings. The van der Waals surface area contributed by atoms with Gasteiger partial charge < -0.3 is 25.1 Å². The number of nitrogens with zero attached hydrogens (tertiary/aromatic N) is 3. The maximum atomic E-state index is 12.8. The average molecular weight is 546 g/mol. The number of primary amides is 1. The molecule has 2 aromatic heterocycles. The van der Waals surface area contributed by atoms with E-state index in [1.165, 1.54) is 11.8 Å². The van der Waals surface area contributed by atoms with Gasteiger partial charge in [-0.25, -0.2) is 4.79 Å². The van der Waals surface area contributed by atoms with Crippen LogP contribution in [0.5, 0.6) is 5.75 Å². The van der Waals surface area contributed by atoms with Crippen LogP contribution in [-0.4, -0.2) is 51.5 Å². The van der Waals surface area contributed by atoms with E-state index in [2.05, 4.69) is 29.4 Å². The van der Waals surface area contributed by atoms with Gasteiger partial charge in [-0.3, -0.25) is 9.59 Å². The second kappa shape index (κ2) is 12.7. The molecule has 0 aliphatic heterocycles. The normalized spacial score (nSPS) is 11.0. The van der Waals surface area contributed by atoms with E-state index < -0.39 is 11.9 Å². The fraction of sp³-hybridized carbons (Fsp3) is 0.400. The van der Waals surface area contributed by atoms with Crippen molar-refractivity contribution in [1.82, 2.24) is 14.8 Å². The van der Waals surface area contributed by atoms with E-state index in [1.54, 1.807) is 13.8 Å². The topological polar surface area (TPSA) is 138 Å². The van der Waals surface area contributed by atoms with Gasteiger partial charge in [-0.05, 0) is 56.5 Å². The van der Waals surface area contributed by atoms with Crippen molar-refractivity contribution in [1.29, 1.82) is 0 Å². The molecular weight excluding hydrogens is 514 g/mol. The van der Waals surface area contributed by atoms with Gasteiger partial charge >= 0.3 is 5.97 Å². The molecule has 0 unspecified atom stereocenters. The highest BCUT2D eigenvalue weighted by molar-refractivity contribution is 7.99. The largest absolute Gasteiger partial charge is 0.493 e. The zero-order chi connectivity index (χ0) is 27.1. The molecule has 0 bridgehead atoms. The molecule has 0 aliphatic carbocycles. The summed E-state index contributed by atoms with van der Waals surface area (Å²) in [5, 5.41) is 12.1. The first-order chi connectivity index (χ1) is 17.7. The van der Waals surface area contributed by atoms with Crippen molar-refractivity contribution >= 4 is 45.9 Å². The van der Waals surface area contributed by atoms with Gasteiger partial charge in [0.25, 0.3) is 5.91 Å². The number of benzene rings is 1. The molecule has 12 heteroatoms. The lowest BCUT2D eigenvalue weighted by Gasteiger charge is -2.10. The van der Waals surface area contributed by atoms with Crippen molar-refractivity contribution in [3.05, 3.63) is 40.3 Å². The van der Waals surface area contributed by atoms with E-state index in [9.17, 15) is 14.4 Å². The first-order valence-electron chi connectivity index (χ1n) is 11.9. The second-order valence-electron chi connectivity index (χ2n) is 8.46. The van der Waals surface area contributed by atoms with Gasteiger partial charge in [0.2, 0.25) is 5.91 Å². The summed E-state index contributed by atoms with van der Waals surface area (Å²) in [4.78, 5) is 37.2. The van der Waals surface area contributed by atoms with E-state index in [0.717, 1.165) is 22.6 Å². The molecule has 3 aromatic rings. The van der Waals surface area contributed by atoms with Crippen molar-refractivity contribution in [2.45, 2.75) is 46.3 Å². The van der Waals surface area contributed by atoms with E-state index in [0.29, 0.717) is 35.6 Å². The number of ether oxygens (including phenoxy) is 2. The SMILES string of the molecule is CCOC(=O)c1c(NC(=O)CSc2nnc(-c3ccc(OCC(C)C)cc3)n2CC)sc(C(N)=O)c1C. The highest BCUT2D eigenvalue weighted by atomic mass is 32.2. The monoisotopic (exact) mass is 545 g/mol. The van der Waals surface area contributed by atoms with Crippen molar-refractivity contribution < 1.29 is 23.9 Å². The zero-order valence-corrected chi connectivity index (χ0v) is 23.1. The molecule has 0 saturated carbocycles. The maximum absolute atomic E-state index is 12.8. The van der Waals surface area contributed by atoms with Crippen LogP contribution in [0.1, 0.15) is 53.3 Å². The van der Waals surface area contributed by atoms with Gasteiger partial charge in [0.05, 0.1) is 29.4 Å². The highest BCUT2D eigenvalue weighted by Gasteiger charge is 2.26. The van der Waals surface area contributed by atoms with E-state index in [-0.39, 0.29) is 33.7 Å². The summed E-state index contributed by atoms with van der Waals surface area (Å²) in [7, 11) is 0. The number of thioether (sulfide) groups is 1. The summed E-state index contributed by atoms with van der Waals surface area (Å²) < 4.78 is 12.8. The van der Waals surface area contributed by atoms with Crippen LogP contribution < -0.4 is 15.8 Å². The van der Waals surface area contributed by atoms with Crippen molar-refractivity contribution in [2.75, 3.05) is 24.3 Å². The number of aromatic nitrogens is 3. The molecule has 1 aromatic carbocycles. The minimum absolute atomic E-state index is 0.0191. The van der Waals surface area contributed by atoms with Gasteiger partial charge in [0.1, 0.15) is 10.8 Å². The van der Waals surface area contributed by atoms with Crippen LogP contribution >= 0.6 is 23.1 Å². The lowest BCUT2D eigenvalue weighted by Crippen LogP contribution is -2.17. The minimum atomic E-state index is -0.675. The summed E-state index contributed by atoms with van der Waals surface area (Å²) in [5.74, 6) is 0.263. The Bertz CT molecular complexity index is 1270. The minimum Gasteiger partial charge on any atom is -0.493 e. The standard InChI is InChI=1S/C25H31N5O5S2/c1-6-30-22(16-8-10-17(11-9-16)35-12-14(3)4)28-29-25(30)36-13-18(31)27-23-19(24(33)34-7-2)15(5)20(37-23)21(26)32/h8-11,14H,6-7,12-13H2,1-5H3,(H2,26,32)(H,27,31). The van der Waals surface area contributed by atoms with E-state index in [1.807, 2.05) is 35.8 Å². The lowest BCUT2D eigenvalue weighted by molar-refractivity contribution is -0.113. The van der Waals surface area contributed by atoms with Crippen molar-refractivity contribution in [2.24, 2.45) is 11.7 Å². The number of hydrogen-bond acceptors (Lipinski definition) is 9. The van der Waals surface area contributed by atoms with Crippen LogP contribution in [0.25, 0.3) is 11.4 Å². The molecular formula is C25H31N5O5S2. The lowest BCUT2D eigenvalue weighted by atomic mass is 10.1. The predicted octanol–water partition coefficient (Wildman–Crippen LogP) is 4.38. The van der Waals surface area contributed by atoms with E-state index >= 15 is 0 Å². The van der Waals surface area contributed by atoms with E-state index in [4.69, 9.17) is 15.2 Å². The van der Waals surface area contributed by atoms with Gasteiger partial charge in [-0.1, -0.05) is 25.6 Å². The Labute approximate surface area is 223 Å². The third-order valence-electron chi connectivity index (χ3n) is 5.16. The second-order valence-corrected chi connectivity index (χ2v) is 10.4. The Kier molecular flexibility index (Phi) is 9.70. The Balaban J connectivity index is 1.72. The van der Waals surface area contributed by atoms with Crippen LogP contribution in [0.15, 0.2) is 29.4 Å². The number of carbonyl (C=O) groups is 3. The van der Waals surface area contributed by atoms with Gasteiger partial charge in [-0.15, -0.1) is 21.5 Å². The summed E-state index contributed by atoms with van der Waals surface area (Å²) in [5.41, 5.74) is 6.84. The van der Waals surface area contributed by atoms with Crippen LogP contribution in [0.2, 0.25) is 0 Å². The number of carbonyl (C=O) groups excluding carboxylic acids is 3. The fourth-order valence-corrected chi connectivity index (χ4v) is 5.30. The number of thiophene rings is 1. The maximum Gasteiger partial charge on any atom is 0.341 e. The molecule has 10 nitrogen and oxygen atoms in total. The van der Waals surface area contributed by atoms with Crippen LogP contribution in [0, 0.1) is 12.8 Å². The number of anilines is 1. The predicted molar refractivity (Wildman–Crippen MR) is 144 cm³/mol. The third-order valence-corrected chi connectivity index (χ3v) is 7.35. The van der Waals surface area contributed by atoms with Crippen LogP contribution in [0.3, 0.4) is 0 Å². The molecule has 0 saturated heterocycles. The van der Waals surface area contributed by atoms with Gasteiger partial charge in [0.15, 0.2) is 11.0 Å².